The third-order valence-electron chi connectivity index (χ3n) is 3.43. The lowest BCUT2D eigenvalue weighted by Gasteiger charge is -2.09. The Balaban J connectivity index is 1.99. The van der Waals surface area contributed by atoms with Crippen LogP contribution in [0, 0.1) is 13.8 Å². The normalized spacial score (nSPS) is 10.4. The SMILES string of the molecule is CCc1ccc(CNc2ccc(C)c(C)c2)cc1. The number of nitrogens with one attached hydrogen (secondary N) is 1. The fraction of sp³-hybridized carbons (Fsp3) is 0.294. The molecular weight excluding hydrogens is 218 g/mol. The predicted octanol–water partition coefficient (Wildman–Crippen LogP) is 4.48. The molecule has 2 aromatic carbocycles. The van der Waals surface area contributed by atoms with Gasteiger partial charge in [-0.05, 0) is 54.7 Å². The molecule has 0 aliphatic heterocycles. The zero-order chi connectivity index (χ0) is 13.0. The molecular formula is C17H21N. The van der Waals surface area contributed by atoms with Gasteiger partial charge in [0.15, 0.2) is 0 Å². The van der Waals surface area contributed by atoms with Crippen LogP contribution in [0.5, 0.6) is 0 Å². The van der Waals surface area contributed by atoms with Gasteiger partial charge in [0.25, 0.3) is 0 Å². The van der Waals surface area contributed by atoms with Crippen molar-refractivity contribution >= 4 is 5.69 Å². The van der Waals surface area contributed by atoms with Crippen molar-refractivity contribution in [2.24, 2.45) is 0 Å². The van der Waals surface area contributed by atoms with Crippen molar-refractivity contribution in [3.05, 3.63) is 64.7 Å². The van der Waals surface area contributed by atoms with Gasteiger partial charge in [0.1, 0.15) is 0 Å². The summed E-state index contributed by atoms with van der Waals surface area (Å²) in [6.07, 6.45) is 1.10. The molecule has 0 spiro atoms. The standard InChI is InChI=1S/C17H21N/c1-4-15-6-8-16(9-7-15)12-18-17-10-5-13(2)14(3)11-17/h5-11,18H,4,12H2,1-3H3. The summed E-state index contributed by atoms with van der Waals surface area (Å²) in [5, 5.41) is 3.47. The van der Waals surface area contributed by atoms with Crippen molar-refractivity contribution in [3.63, 3.8) is 0 Å². The van der Waals surface area contributed by atoms with Gasteiger partial charge in [-0.25, -0.2) is 0 Å². The van der Waals surface area contributed by atoms with E-state index in [9.17, 15) is 0 Å². The van der Waals surface area contributed by atoms with E-state index in [1.165, 1.54) is 27.9 Å². The van der Waals surface area contributed by atoms with Gasteiger partial charge in [0.2, 0.25) is 0 Å². The van der Waals surface area contributed by atoms with Gasteiger partial charge >= 0.3 is 0 Å². The molecule has 0 aliphatic carbocycles. The molecule has 18 heavy (non-hydrogen) atoms. The van der Waals surface area contributed by atoms with Crippen LogP contribution >= 0.6 is 0 Å². The van der Waals surface area contributed by atoms with Crippen LogP contribution in [-0.2, 0) is 13.0 Å². The first-order chi connectivity index (χ1) is 8.69. The van der Waals surface area contributed by atoms with Crippen LogP contribution in [0.3, 0.4) is 0 Å². The second kappa shape index (κ2) is 5.72. The first-order valence-electron chi connectivity index (χ1n) is 6.58. The summed E-state index contributed by atoms with van der Waals surface area (Å²) in [6, 6.07) is 15.3. The van der Waals surface area contributed by atoms with E-state index in [0.717, 1.165) is 13.0 Å². The average molecular weight is 239 g/mol. The summed E-state index contributed by atoms with van der Waals surface area (Å²) in [5.41, 5.74) is 6.59. The number of rotatable bonds is 4. The Hall–Kier alpha value is -1.76. The minimum atomic E-state index is 0.881. The monoisotopic (exact) mass is 239 g/mol. The second-order valence-electron chi connectivity index (χ2n) is 4.82. The lowest BCUT2D eigenvalue weighted by atomic mass is 10.1. The zero-order valence-corrected chi connectivity index (χ0v) is 11.5. The number of hydrogen-bond acceptors (Lipinski definition) is 1. The van der Waals surface area contributed by atoms with E-state index in [2.05, 4.69) is 68.6 Å². The van der Waals surface area contributed by atoms with Crippen LogP contribution in [0.2, 0.25) is 0 Å². The molecule has 0 amide bonds. The number of hydrogen-bond donors (Lipinski definition) is 1. The maximum atomic E-state index is 3.47. The smallest absolute Gasteiger partial charge is 0.0400 e. The van der Waals surface area contributed by atoms with Crippen LogP contribution in [0.15, 0.2) is 42.5 Å². The first kappa shape index (κ1) is 12.7. The predicted molar refractivity (Wildman–Crippen MR) is 79.1 cm³/mol. The largest absolute Gasteiger partial charge is 0.381 e. The molecule has 1 N–H and O–H groups in total. The van der Waals surface area contributed by atoms with Gasteiger partial charge in [-0.3, -0.25) is 0 Å². The van der Waals surface area contributed by atoms with E-state index in [4.69, 9.17) is 0 Å². The van der Waals surface area contributed by atoms with E-state index in [-0.39, 0.29) is 0 Å². The molecule has 0 atom stereocenters. The summed E-state index contributed by atoms with van der Waals surface area (Å²) in [4.78, 5) is 0. The highest BCUT2D eigenvalue weighted by atomic mass is 14.9. The zero-order valence-electron chi connectivity index (χ0n) is 11.5. The lowest BCUT2D eigenvalue weighted by Crippen LogP contribution is -2.00. The fourth-order valence-electron chi connectivity index (χ4n) is 1.95. The molecule has 2 aromatic rings. The Bertz CT molecular complexity index is 512. The summed E-state index contributed by atoms with van der Waals surface area (Å²) in [6.45, 7) is 7.36. The van der Waals surface area contributed by atoms with Gasteiger partial charge in [-0.2, -0.15) is 0 Å². The number of benzene rings is 2. The third kappa shape index (κ3) is 3.13. The summed E-state index contributed by atoms with van der Waals surface area (Å²) < 4.78 is 0. The van der Waals surface area contributed by atoms with Crippen LogP contribution < -0.4 is 5.32 Å². The molecule has 1 heteroatoms. The third-order valence-corrected chi connectivity index (χ3v) is 3.43. The minimum absolute atomic E-state index is 0.881. The highest BCUT2D eigenvalue weighted by Crippen LogP contribution is 2.15. The molecule has 0 fully saturated rings. The van der Waals surface area contributed by atoms with Crippen molar-refractivity contribution in [1.82, 2.24) is 0 Å². The average Bonchev–Trinajstić information content (AvgIpc) is 2.41. The molecule has 2 rings (SSSR count). The van der Waals surface area contributed by atoms with Crippen molar-refractivity contribution in [2.45, 2.75) is 33.7 Å². The quantitative estimate of drug-likeness (QED) is 0.829. The van der Waals surface area contributed by atoms with Gasteiger partial charge in [0.05, 0.1) is 0 Å². The Morgan fingerprint density at radius 2 is 1.50 bits per heavy atom. The number of anilines is 1. The van der Waals surface area contributed by atoms with Gasteiger partial charge in [-0.15, -0.1) is 0 Å². The molecule has 0 aromatic heterocycles. The molecule has 0 bridgehead atoms. The van der Waals surface area contributed by atoms with E-state index in [0.29, 0.717) is 0 Å². The van der Waals surface area contributed by atoms with Crippen LogP contribution in [0.1, 0.15) is 29.2 Å². The molecule has 0 radical (unpaired) electrons. The molecule has 0 saturated carbocycles. The summed E-state index contributed by atoms with van der Waals surface area (Å²) >= 11 is 0. The summed E-state index contributed by atoms with van der Waals surface area (Å²) in [7, 11) is 0. The van der Waals surface area contributed by atoms with E-state index in [1.807, 2.05) is 0 Å². The first-order valence-corrected chi connectivity index (χ1v) is 6.58. The molecule has 0 unspecified atom stereocenters. The van der Waals surface area contributed by atoms with E-state index < -0.39 is 0 Å². The van der Waals surface area contributed by atoms with Crippen LogP contribution in [-0.4, -0.2) is 0 Å². The Kier molecular flexibility index (Phi) is 4.03. The highest BCUT2D eigenvalue weighted by molar-refractivity contribution is 5.48. The maximum Gasteiger partial charge on any atom is 0.0400 e. The second-order valence-corrected chi connectivity index (χ2v) is 4.82. The van der Waals surface area contributed by atoms with Crippen LogP contribution in [0.4, 0.5) is 5.69 Å². The molecule has 1 nitrogen and oxygen atoms in total. The van der Waals surface area contributed by atoms with E-state index in [1.54, 1.807) is 0 Å². The van der Waals surface area contributed by atoms with Crippen molar-refractivity contribution in [1.29, 1.82) is 0 Å². The molecule has 94 valence electrons. The Morgan fingerprint density at radius 1 is 0.833 bits per heavy atom. The van der Waals surface area contributed by atoms with Crippen molar-refractivity contribution in [3.8, 4) is 0 Å². The van der Waals surface area contributed by atoms with Gasteiger partial charge < -0.3 is 5.32 Å². The van der Waals surface area contributed by atoms with Gasteiger partial charge in [-0.1, -0.05) is 37.3 Å². The lowest BCUT2D eigenvalue weighted by molar-refractivity contribution is 1.10. The van der Waals surface area contributed by atoms with Crippen molar-refractivity contribution < 1.29 is 0 Å². The Morgan fingerprint density at radius 3 is 2.11 bits per heavy atom. The number of aryl methyl sites for hydroxylation is 3. The summed E-state index contributed by atoms with van der Waals surface area (Å²) in [5.74, 6) is 0. The topological polar surface area (TPSA) is 12.0 Å². The Labute approximate surface area is 110 Å². The maximum absolute atomic E-state index is 3.47. The highest BCUT2D eigenvalue weighted by Gasteiger charge is 1.97. The molecule has 0 saturated heterocycles. The fourth-order valence-corrected chi connectivity index (χ4v) is 1.95. The molecule has 0 aliphatic rings. The van der Waals surface area contributed by atoms with Crippen LogP contribution in [0.25, 0.3) is 0 Å². The minimum Gasteiger partial charge on any atom is -0.381 e. The van der Waals surface area contributed by atoms with Crippen molar-refractivity contribution in [2.75, 3.05) is 5.32 Å². The van der Waals surface area contributed by atoms with E-state index >= 15 is 0 Å². The molecule has 0 heterocycles. The van der Waals surface area contributed by atoms with Gasteiger partial charge in [0, 0.05) is 12.2 Å².